The van der Waals surface area contributed by atoms with Crippen molar-refractivity contribution in [2.45, 2.75) is 0 Å². The number of benzene rings is 2. The summed E-state index contributed by atoms with van der Waals surface area (Å²) in [5.74, 6) is 21.6. The molecule has 0 aliphatic heterocycles. The molecule has 12 N–H and O–H groups in total. The summed E-state index contributed by atoms with van der Waals surface area (Å²) in [5, 5.41) is 17.1. The first kappa shape index (κ1) is 20.4. The quantitative estimate of drug-likeness (QED) is 0.123. The number of aromatic amines is 1. The lowest BCUT2D eigenvalue weighted by Crippen LogP contribution is -2.32. The monoisotopic (exact) mass is 407 g/mol. The van der Waals surface area contributed by atoms with Crippen LogP contribution >= 0.6 is 0 Å². The Labute approximate surface area is 171 Å². The van der Waals surface area contributed by atoms with Crippen molar-refractivity contribution in [2.75, 3.05) is 0 Å². The lowest BCUT2D eigenvalue weighted by molar-refractivity contribution is 0.467. The van der Waals surface area contributed by atoms with E-state index in [9.17, 15) is 9.90 Å². The van der Waals surface area contributed by atoms with E-state index in [4.69, 9.17) is 23.4 Å². The van der Waals surface area contributed by atoms with Gasteiger partial charge >= 0.3 is 0 Å². The Hall–Kier alpha value is -4.35. The van der Waals surface area contributed by atoms with Gasteiger partial charge in [-0.1, -0.05) is 48.5 Å². The fourth-order valence-corrected chi connectivity index (χ4v) is 2.97. The number of nitrogens with two attached hydrogens (primary N) is 4. The first-order valence-electron chi connectivity index (χ1n) is 8.69. The standard InChI is InChI=1S/C19H21N9O2/c20-25-17(26-21)12-5-1-10(2-6-12)14-9-15(29)19(30)24-16(14)11-3-7-13(8-4-11)18(27-22)28-23/h1-9,29H,20-23H2,(H,24,30)(H,25,26)(H,27,28). The number of nitrogens with one attached hydrogen (secondary N) is 3. The number of hydrazone groups is 2. The molecule has 0 aliphatic carbocycles. The fourth-order valence-electron chi connectivity index (χ4n) is 2.97. The van der Waals surface area contributed by atoms with E-state index in [-0.39, 0.29) is 0 Å². The molecule has 3 aromatic rings. The molecule has 2 aromatic carbocycles. The molecule has 1 heterocycles. The van der Waals surface area contributed by atoms with Crippen molar-refractivity contribution < 1.29 is 5.11 Å². The van der Waals surface area contributed by atoms with Gasteiger partial charge in [0.25, 0.3) is 5.56 Å². The highest BCUT2D eigenvalue weighted by molar-refractivity contribution is 5.99. The van der Waals surface area contributed by atoms with Crippen molar-refractivity contribution >= 4 is 11.7 Å². The van der Waals surface area contributed by atoms with Crippen molar-refractivity contribution in [1.29, 1.82) is 0 Å². The number of pyridine rings is 1. The van der Waals surface area contributed by atoms with Gasteiger partial charge in [-0.2, -0.15) is 10.2 Å². The average molecular weight is 407 g/mol. The van der Waals surface area contributed by atoms with Gasteiger partial charge in [0.15, 0.2) is 17.4 Å². The van der Waals surface area contributed by atoms with E-state index in [1.54, 1.807) is 48.5 Å². The van der Waals surface area contributed by atoms with E-state index < -0.39 is 11.3 Å². The van der Waals surface area contributed by atoms with Crippen LogP contribution in [0.15, 0.2) is 69.6 Å². The van der Waals surface area contributed by atoms with Crippen LogP contribution in [0.25, 0.3) is 22.4 Å². The molecule has 0 spiro atoms. The van der Waals surface area contributed by atoms with Crippen molar-refractivity contribution in [2.24, 2.45) is 33.6 Å². The summed E-state index contributed by atoms with van der Waals surface area (Å²) in [6.45, 7) is 0. The van der Waals surface area contributed by atoms with E-state index in [0.717, 1.165) is 5.56 Å². The van der Waals surface area contributed by atoms with Crippen LogP contribution in [0.1, 0.15) is 11.1 Å². The van der Waals surface area contributed by atoms with Crippen LogP contribution in [-0.4, -0.2) is 21.8 Å². The lowest BCUT2D eigenvalue weighted by atomic mass is 9.97. The average Bonchev–Trinajstić information content (AvgIpc) is 2.78. The van der Waals surface area contributed by atoms with Crippen molar-refractivity contribution in [3.63, 3.8) is 0 Å². The zero-order valence-corrected chi connectivity index (χ0v) is 15.8. The third kappa shape index (κ3) is 3.92. The molecule has 0 fully saturated rings. The van der Waals surface area contributed by atoms with Crippen LogP contribution in [0.3, 0.4) is 0 Å². The number of aromatic hydroxyl groups is 1. The van der Waals surface area contributed by atoms with Crippen LogP contribution in [0.2, 0.25) is 0 Å². The smallest absolute Gasteiger partial charge is 0.290 e. The summed E-state index contributed by atoms with van der Waals surface area (Å²) in [6, 6.07) is 15.5. The molecule has 0 saturated carbocycles. The Bertz CT molecular complexity index is 1150. The maximum Gasteiger partial charge on any atom is 0.290 e. The number of aromatic nitrogens is 1. The highest BCUT2D eigenvalue weighted by Crippen LogP contribution is 2.31. The van der Waals surface area contributed by atoms with E-state index in [1.165, 1.54) is 6.07 Å². The first-order valence-corrected chi connectivity index (χ1v) is 8.69. The fraction of sp³-hybridized carbons (Fsp3) is 0. The molecule has 0 amide bonds. The Balaban J connectivity index is 2.09. The topological polar surface area (TPSA) is 206 Å². The van der Waals surface area contributed by atoms with Crippen LogP contribution in [-0.2, 0) is 0 Å². The summed E-state index contributed by atoms with van der Waals surface area (Å²) in [4.78, 5) is 14.8. The van der Waals surface area contributed by atoms with E-state index in [2.05, 4.69) is 26.0 Å². The third-order valence-corrected chi connectivity index (χ3v) is 4.47. The summed E-state index contributed by atoms with van der Waals surface area (Å²) in [5.41, 5.74) is 8.13. The molecule has 0 aliphatic rings. The zero-order valence-electron chi connectivity index (χ0n) is 15.8. The van der Waals surface area contributed by atoms with Gasteiger partial charge in [0, 0.05) is 16.7 Å². The molecular formula is C19H21N9O2. The number of hydrogen-bond donors (Lipinski definition) is 8. The maximum absolute atomic E-state index is 12.1. The van der Waals surface area contributed by atoms with E-state index >= 15 is 0 Å². The number of rotatable bonds is 4. The summed E-state index contributed by atoms with van der Waals surface area (Å²) in [7, 11) is 0. The minimum absolute atomic E-state index is 0.308. The Kier molecular flexibility index (Phi) is 5.96. The maximum atomic E-state index is 12.1. The molecule has 11 heteroatoms. The molecule has 0 atom stereocenters. The van der Waals surface area contributed by atoms with Crippen LogP contribution in [0.4, 0.5) is 0 Å². The van der Waals surface area contributed by atoms with Gasteiger partial charge in [0.2, 0.25) is 0 Å². The second kappa shape index (κ2) is 8.77. The molecule has 0 saturated heterocycles. The Morgan fingerprint density at radius 2 is 1.30 bits per heavy atom. The molecule has 1 aromatic heterocycles. The molecule has 3 rings (SSSR count). The molecular weight excluding hydrogens is 386 g/mol. The number of nitrogens with zero attached hydrogens (tertiary/aromatic N) is 2. The third-order valence-electron chi connectivity index (χ3n) is 4.47. The molecule has 0 radical (unpaired) electrons. The molecule has 30 heavy (non-hydrogen) atoms. The minimum Gasteiger partial charge on any atom is -0.503 e. The van der Waals surface area contributed by atoms with Gasteiger partial charge in [0.1, 0.15) is 0 Å². The first-order chi connectivity index (χ1) is 14.5. The molecule has 0 bridgehead atoms. The minimum atomic E-state index is -0.604. The SMILES string of the molecule is N/N=C(\NN)c1ccc(-c2cc(O)c(=O)[nH]c2-c2ccc(/C(=N/N)NN)cc2)cc1. The van der Waals surface area contributed by atoms with Crippen LogP contribution < -0.4 is 39.8 Å². The second-order valence-corrected chi connectivity index (χ2v) is 6.17. The van der Waals surface area contributed by atoms with E-state index in [1.807, 2.05) is 0 Å². The number of hydrogen-bond acceptors (Lipinski definition) is 8. The molecule has 11 nitrogen and oxygen atoms in total. The normalized spacial score (nSPS) is 11.9. The number of H-pyrrole nitrogens is 1. The summed E-state index contributed by atoms with van der Waals surface area (Å²) in [6.07, 6.45) is 0. The van der Waals surface area contributed by atoms with Gasteiger partial charge < -0.3 is 32.6 Å². The van der Waals surface area contributed by atoms with Crippen molar-refractivity contribution in [3.8, 4) is 28.1 Å². The largest absolute Gasteiger partial charge is 0.503 e. The summed E-state index contributed by atoms with van der Waals surface area (Å²) < 4.78 is 0. The van der Waals surface area contributed by atoms with Gasteiger partial charge in [-0.05, 0) is 17.2 Å². The van der Waals surface area contributed by atoms with Gasteiger partial charge in [0.05, 0.1) is 5.69 Å². The van der Waals surface area contributed by atoms with Gasteiger partial charge in [-0.25, -0.2) is 11.7 Å². The van der Waals surface area contributed by atoms with Gasteiger partial charge in [-0.15, -0.1) is 0 Å². The molecule has 0 unspecified atom stereocenters. The second-order valence-electron chi connectivity index (χ2n) is 6.17. The van der Waals surface area contributed by atoms with Crippen LogP contribution in [0, 0.1) is 0 Å². The van der Waals surface area contributed by atoms with Gasteiger partial charge in [-0.3, -0.25) is 4.79 Å². The lowest BCUT2D eigenvalue weighted by Gasteiger charge is -2.12. The van der Waals surface area contributed by atoms with Crippen LogP contribution in [0.5, 0.6) is 5.75 Å². The predicted molar refractivity (Wildman–Crippen MR) is 116 cm³/mol. The number of hydrazine groups is 2. The number of amidine groups is 2. The predicted octanol–water partition coefficient (Wildman–Crippen LogP) is -0.418. The highest BCUT2D eigenvalue weighted by Gasteiger charge is 2.13. The van der Waals surface area contributed by atoms with E-state index in [0.29, 0.717) is 39.6 Å². The summed E-state index contributed by atoms with van der Waals surface area (Å²) >= 11 is 0. The van der Waals surface area contributed by atoms with Crippen molar-refractivity contribution in [1.82, 2.24) is 15.8 Å². The Morgan fingerprint density at radius 3 is 1.73 bits per heavy atom. The highest BCUT2D eigenvalue weighted by atomic mass is 16.3. The van der Waals surface area contributed by atoms with Crippen molar-refractivity contribution in [3.05, 3.63) is 76.1 Å². The Morgan fingerprint density at radius 1 is 0.833 bits per heavy atom. The molecule has 154 valence electrons. The zero-order chi connectivity index (χ0) is 21.7.